The summed E-state index contributed by atoms with van der Waals surface area (Å²) in [6.07, 6.45) is 4.52. The van der Waals surface area contributed by atoms with E-state index in [9.17, 15) is 4.79 Å². The molecule has 0 aliphatic rings. The number of hydrogen-bond acceptors (Lipinski definition) is 4. The van der Waals surface area contributed by atoms with Crippen LogP contribution in [0.3, 0.4) is 0 Å². The molecule has 0 spiro atoms. The van der Waals surface area contributed by atoms with Gasteiger partial charge < -0.3 is 14.5 Å². The summed E-state index contributed by atoms with van der Waals surface area (Å²) in [4.78, 5) is 11.6. The highest BCUT2D eigenvalue weighted by atomic mass is 32.1. The van der Waals surface area contributed by atoms with Crippen molar-refractivity contribution in [3.63, 3.8) is 0 Å². The summed E-state index contributed by atoms with van der Waals surface area (Å²) in [5.74, 6) is 0.477. The van der Waals surface area contributed by atoms with Crippen molar-refractivity contribution in [2.45, 2.75) is 6.10 Å². The average Bonchev–Trinajstić information content (AvgIpc) is 3.10. The van der Waals surface area contributed by atoms with Gasteiger partial charge in [-0.15, -0.1) is 0 Å². The summed E-state index contributed by atoms with van der Waals surface area (Å²) < 4.78 is 10.4. The average molecular weight is 277 g/mol. The monoisotopic (exact) mass is 277 g/mol. The highest BCUT2D eigenvalue weighted by molar-refractivity contribution is 7.07. The predicted octanol–water partition coefficient (Wildman–Crippen LogP) is 2.86. The highest BCUT2D eigenvalue weighted by Gasteiger charge is 2.11. The first-order valence-electron chi connectivity index (χ1n) is 5.84. The second kappa shape index (κ2) is 6.92. The van der Waals surface area contributed by atoms with Crippen LogP contribution in [-0.2, 0) is 9.53 Å². The Morgan fingerprint density at radius 3 is 3.11 bits per heavy atom. The Hall–Kier alpha value is -1.85. The van der Waals surface area contributed by atoms with Crippen molar-refractivity contribution in [1.82, 2.24) is 5.32 Å². The number of furan rings is 1. The van der Waals surface area contributed by atoms with E-state index in [0.717, 1.165) is 5.56 Å². The molecule has 1 unspecified atom stereocenters. The minimum absolute atomic E-state index is 0.118. The van der Waals surface area contributed by atoms with E-state index in [0.29, 0.717) is 12.3 Å². The number of carbonyl (C=O) groups excluding carboxylic acids is 1. The third-order valence-corrected chi connectivity index (χ3v) is 3.30. The Bertz CT molecular complexity index is 517. The van der Waals surface area contributed by atoms with E-state index in [4.69, 9.17) is 9.15 Å². The zero-order valence-corrected chi connectivity index (χ0v) is 11.4. The van der Waals surface area contributed by atoms with Crippen molar-refractivity contribution in [1.29, 1.82) is 0 Å². The maximum atomic E-state index is 11.6. The molecule has 0 bridgehead atoms. The molecule has 2 aromatic heterocycles. The molecule has 0 fully saturated rings. The van der Waals surface area contributed by atoms with Gasteiger partial charge in [-0.3, -0.25) is 4.79 Å². The van der Waals surface area contributed by atoms with Crippen molar-refractivity contribution >= 4 is 23.3 Å². The van der Waals surface area contributed by atoms with E-state index >= 15 is 0 Å². The summed E-state index contributed by atoms with van der Waals surface area (Å²) in [6.45, 7) is 0.439. The van der Waals surface area contributed by atoms with Crippen LogP contribution in [0.2, 0.25) is 0 Å². The maximum Gasteiger partial charge on any atom is 0.244 e. The van der Waals surface area contributed by atoms with E-state index in [1.807, 2.05) is 16.8 Å². The van der Waals surface area contributed by atoms with Crippen molar-refractivity contribution in [3.05, 3.63) is 52.6 Å². The molecule has 1 N–H and O–H groups in total. The van der Waals surface area contributed by atoms with Crippen LogP contribution in [0, 0.1) is 0 Å². The molecule has 0 aliphatic carbocycles. The molecule has 1 amide bonds. The number of carbonyl (C=O) groups is 1. The third-order valence-electron chi connectivity index (χ3n) is 2.60. The molecule has 5 heteroatoms. The zero-order chi connectivity index (χ0) is 13.5. The van der Waals surface area contributed by atoms with Gasteiger partial charge in [0.1, 0.15) is 11.9 Å². The Kier molecular flexibility index (Phi) is 4.94. The third kappa shape index (κ3) is 4.08. The molecule has 2 aromatic rings. The molecule has 0 saturated carbocycles. The molecule has 19 heavy (non-hydrogen) atoms. The van der Waals surface area contributed by atoms with Gasteiger partial charge in [0.15, 0.2) is 0 Å². The van der Waals surface area contributed by atoms with Gasteiger partial charge in [-0.1, -0.05) is 0 Å². The Morgan fingerprint density at radius 1 is 1.58 bits per heavy atom. The molecular formula is C14H15NO3S. The van der Waals surface area contributed by atoms with E-state index < -0.39 is 0 Å². The van der Waals surface area contributed by atoms with Crippen LogP contribution in [0.4, 0.5) is 0 Å². The largest absolute Gasteiger partial charge is 0.465 e. The normalized spacial score (nSPS) is 12.7. The van der Waals surface area contributed by atoms with Gasteiger partial charge >= 0.3 is 0 Å². The Labute approximate surface area is 115 Å². The number of hydrogen-bond donors (Lipinski definition) is 1. The second-order valence-corrected chi connectivity index (χ2v) is 4.65. The molecule has 0 aromatic carbocycles. The quantitative estimate of drug-likeness (QED) is 0.826. The van der Waals surface area contributed by atoms with Crippen LogP contribution in [-0.4, -0.2) is 19.6 Å². The molecule has 100 valence electrons. The molecular weight excluding hydrogens is 262 g/mol. The molecule has 0 aliphatic heterocycles. The summed E-state index contributed by atoms with van der Waals surface area (Å²) in [5, 5.41) is 6.80. The van der Waals surface area contributed by atoms with Gasteiger partial charge in [-0.05, 0) is 40.6 Å². The molecule has 2 heterocycles. The van der Waals surface area contributed by atoms with Gasteiger partial charge in [0.25, 0.3) is 0 Å². The zero-order valence-electron chi connectivity index (χ0n) is 10.5. The summed E-state index contributed by atoms with van der Waals surface area (Å²) in [5.41, 5.74) is 1.07. The molecule has 1 atom stereocenters. The van der Waals surface area contributed by atoms with Crippen molar-refractivity contribution < 1.29 is 13.9 Å². The van der Waals surface area contributed by atoms with Gasteiger partial charge in [0.2, 0.25) is 5.91 Å². The van der Waals surface area contributed by atoms with Crippen LogP contribution >= 0.6 is 11.3 Å². The molecule has 0 saturated heterocycles. The first-order valence-corrected chi connectivity index (χ1v) is 6.78. The second-order valence-electron chi connectivity index (χ2n) is 3.87. The first-order chi connectivity index (χ1) is 9.29. The van der Waals surface area contributed by atoms with Crippen molar-refractivity contribution in [2.75, 3.05) is 13.7 Å². The van der Waals surface area contributed by atoms with Crippen molar-refractivity contribution in [2.24, 2.45) is 0 Å². The fourth-order valence-corrected chi connectivity index (χ4v) is 2.29. The van der Waals surface area contributed by atoms with Crippen LogP contribution in [0.25, 0.3) is 6.08 Å². The van der Waals surface area contributed by atoms with E-state index in [1.54, 1.807) is 42.9 Å². The van der Waals surface area contributed by atoms with Crippen LogP contribution in [0.15, 0.2) is 45.7 Å². The number of thiophene rings is 1. The van der Waals surface area contributed by atoms with E-state index in [2.05, 4.69) is 5.32 Å². The number of ether oxygens (including phenoxy) is 1. The lowest BCUT2D eigenvalue weighted by atomic mass is 10.2. The maximum absolute atomic E-state index is 11.6. The van der Waals surface area contributed by atoms with Gasteiger partial charge in [-0.25, -0.2) is 0 Å². The lowest BCUT2D eigenvalue weighted by Crippen LogP contribution is -2.27. The van der Waals surface area contributed by atoms with Gasteiger partial charge in [0.05, 0.1) is 6.26 Å². The Morgan fingerprint density at radius 2 is 2.47 bits per heavy atom. The van der Waals surface area contributed by atoms with Crippen LogP contribution in [0.1, 0.15) is 17.4 Å². The standard InChI is InChI=1S/C14H15NO3S/c1-17-13(11-6-8-19-10-11)9-15-14(16)5-4-12-3-2-7-18-12/h2-8,10,13H,9H2,1H3,(H,15,16)/b5-4+. The molecule has 2 rings (SSSR count). The van der Waals surface area contributed by atoms with Crippen LogP contribution < -0.4 is 5.32 Å². The van der Waals surface area contributed by atoms with Crippen LogP contribution in [0.5, 0.6) is 0 Å². The number of amides is 1. The van der Waals surface area contributed by atoms with E-state index in [1.165, 1.54) is 6.08 Å². The molecule has 4 nitrogen and oxygen atoms in total. The minimum atomic E-state index is -0.173. The lowest BCUT2D eigenvalue weighted by Gasteiger charge is -2.14. The number of nitrogens with one attached hydrogen (secondary N) is 1. The summed E-state index contributed by atoms with van der Waals surface area (Å²) >= 11 is 1.61. The van der Waals surface area contributed by atoms with Crippen molar-refractivity contribution in [3.8, 4) is 0 Å². The fourth-order valence-electron chi connectivity index (χ4n) is 1.59. The number of rotatable bonds is 6. The van der Waals surface area contributed by atoms with Gasteiger partial charge in [0, 0.05) is 19.7 Å². The minimum Gasteiger partial charge on any atom is -0.465 e. The lowest BCUT2D eigenvalue weighted by molar-refractivity contribution is -0.117. The summed E-state index contributed by atoms with van der Waals surface area (Å²) in [6, 6.07) is 5.55. The highest BCUT2D eigenvalue weighted by Crippen LogP contribution is 2.18. The SMILES string of the molecule is COC(CNC(=O)/C=C/c1ccco1)c1ccsc1. The number of methoxy groups -OCH3 is 1. The topological polar surface area (TPSA) is 51.5 Å². The van der Waals surface area contributed by atoms with E-state index in [-0.39, 0.29) is 12.0 Å². The smallest absolute Gasteiger partial charge is 0.244 e. The fraction of sp³-hybridized carbons (Fsp3) is 0.214. The van der Waals surface area contributed by atoms with Gasteiger partial charge in [-0.2, -0.15) is 11.3 Å². The predicted molar refractivity (Wildman–Crippen MR) is 74.8 cm³/mol. The molecule has 0 radical (unpaired) electrons. The first kappa shape index (κ1) is 13.6. The Balaban J connectivity index is 1.82. The summed E-state index contributed by atoms with van der Waals surface area (Å²) in [7, 11) is 1.63.